The lowest BCUT2D eigenvalue weighted by Crippen LogP contribution is -2.39. The summed E-state index contributed by atoms with van der Waals surface area (Å²) in [6, 6.07) is 0. The van der Waals surface area contributed by atoms with Gasteiger partial charge in [0.05, 0.1) is 6.10 Å². The molecule has 2 nitrogen and oxygen atoms in total. The van der Waals surface area contributed by atoms with Gasteiger partial charge in [-0.3, -0.25) is 5.26 Å². The Bertz CT molecular complexity index is 315. The molecule has 1 N–H and O–H groups in total. The normalized spacial score (nSPS) is 36.8. The third-order valence-electron chi connectivity index (χ3n) is 6.65. The highest BCUT2D eigenvalue weighted by Gasteiger charge is 2.39. The van der Waals surface area contributed by atoms with E-state index in [4.69, 9.17) is 4.89 Å². The standard InChI is InChI=1S/C20H37FO2/c1-3-5-6-7-16-12-13-18(14-19(16)21)20(23-22)17-10-8-15(4-2)9-11-17/h15-20,22H,3-14H2,1-2H3. The molecule has 2 saturated carbocycles. The molecular weight excluding hydrogens is 291 g/mol. The van der Waals surface area contributed by atoms with Gasteiger partial charge in [0, 0.05) is 0 Å². The molecule has 0 spiro atoms. The monoisotopic (exact) mass is 328 g/mol. The van der Waals surface area contributed by atoms with Crippen LogP contribution in [0.1, 0.15) is 90.9 Å². The van der Waals surface area contributed by atoms with E-state index in [-0.39, 0.29) is 17.9 Å². The van der Waals surface area contributed by atoms with Gasteiger partial charge in [0.25, 0.3) is 0 Å². The Morgan fingerprint density at radius 3 is 2.26 bits per heavy atom. The molecule has 0 aromatic carbocycles. The molecule has 0 bridgehead atoms. The molecule has 0 radical (unpaired) electrons. The van der Waals surface area contributed by atoms with Crippen LogP contribution in [0, 0.1) is 23.7 Å². The number of halogens is 1. The van der Waals surface area contributed by atoms with E-state index in [0.717, 1.165) is 44.4 Å². The van der Waals surface area contributed by atoms with Crippen molar-refractivity contribution in [2.24, 2.45) is 23.7 Å². The van der Waals surface area contributed by atoms with Gasteiger partial charge in [-0.2, -0.15) is 0 Å². The van der Waals surface area contributed by atoms with Gasteiger partial charge >= 0.3 is 0 Å². The predicted octanol–water partition coefficient (Wildman–Crippen LogP) is 6.40. The van der Waals surface area contributed by atoms with E-state index >= 15 is 0 Å². The van der Waals surface area contributed by atoms with Gasteiger partial charge in [-0.1, -0.05) is 52.4 Å². The molecule has 2 aliphatic carbocycles. The van der Waals surface area contributed by atoms with Crippen LogP contribution in [0.25, 0.3) is 0 Å². The van der Waals surface area contributed by atoms with Crippen LogP contribution < -0.4 is 0 Å². The van der Waals surface area contributed by atoms with Crippen molar-refractivity contribution in [3.63, 3.8) is 0 Å². The molecule has 2 fully saturated rings. The zero-order chi connectivity index (χ0) is 16.7. The van der Waals surface area contributed by atoms with E-state index in [1.165, 1.54) is 32.1 Å². The van der Waals surface area contributed by atoms with Crippen LogP contribution in [0.3, 0.4) is 0 Å². The lowest BCUT2D eigenvalue weighted by Gasteiger charge is -2.40. The second-order valence-corrected chi connectivity index (χ2v) is 8.10. The summed E-state index contributed by atoms with van der Waals surface area (Å²) in [5.41, 5.74) is 0. The number of hydrogen-bond donors (Lipinski definition) is 1. The lowest BCUT2D eigenvalue weighted by atomic mass is 9.70. The maximum atomic E-state index is 14.6. The second kappa shape index (κ2) is 9.98. The maximum Gasteiger partial charge on any atom is 0.103 e. The zero-order valence-corrected chi connectivity index (χ0v) is 15.2. The number of rotatable bonds is 8. The van der Waals surface area contributed by atoms with Crippen LogP contribution in [0.5, 0.6) is 0 Å². The van der Waals surface area contributed by atoms with Crippen molar-refractivity contribution >= 4 is 0 Å². The minimum Gasteiger partial charge on any atom is -0.252 e. The molecule has 136 valence electrons. The Kier molecular flexibility index (Phi) is 8.32. The fourth-order valence-corrected chi connectivity index (χ4v) is 4.97. The number of unbranched alkanes of at least 4 members (excludes halogenated alkanes) is 2. The third kappa shape index (κ3) is 5.42. The summed E-state index contributed by atoms with van der Waals surface area (Å²) in [6.45, 7) is 4.46. The molecule has 23 heavy (non-hydrogen) atoms. The summed E-state index contributed by atoms with van der Waals surface area (Å²) in [4.78, 5) is 4.91. The minimum atomic E-state index is -0.699. The molecule has 4 atom stereocenters. The molecule has 0 aromatic rings. The Balaban J connectivity index is 1.81. The van der Waals surface area contributed by atoms with Gasteiger partial charge < -0.3 is 0 Å². The van der Waals surface area contributed by atoms with Crippen molar-refractivity contribution in [2.75, 3.05) is 0 Å². The Morgan fingerprint density at radius 2 is 1.70 bits per heavy atom. The van der Waals surface area contributed by atoms with E-state index in [2.05, 4.69) is 13.8 Å². The summed E-state index contributed by atoms with van der Waals surface area (Å²) in [7, 11) is 0. The Hall–Kier alpha value is -0.150. The average Bonchev–Trinajstić information content (AvgIpc) is 2.58. The highest BCUT2D eigenvalue weighted by Crippen LogP contribution is 2.42. The molecule has 2 aliphatic rings. The summed E-state index contributed by atoms with van der Waals surface area (Å²) >= 11 is 0. The van der Waals surface area contributed by atoms with Crippen LogP contribution >= 0.6 is 0 Å². The fraction of sp³-hybridized carbons (Fsp3) is 1.00. The topological polar surface area (TPSA) is 29.5 Å². The van der Waals surface area contributed by atoms with Gasteiger partial charge in [-0.05, 0) is 62.2 Å². The summed E-state index contributed by atoms with van der Waals surface area (Å²) < 4.78 is 14.6. The molecule has 0 saturated heterocycles. The van der Waals surface area contributed by atoms with E-state index in [9.17, 15) is 9.65 Å². The fourth-order valence-electron chi connectivity index (χ4n) is 4.97. The Labute approximate surface area is 142 Å². The first-order chi connectivity index (χ1) is 11.2. The molecule has 0 heterocycles. The predicted molar refractivity (Wildman–Crippen MR) is 93.1 cm³/mol. The van der Waals surface area contributed by atoms with Crippen molar-refractivity contribution in [3.8, 4) is 0 Å². The van der Waals surface area contributed by atoms with E-state index in [0.29, 0.717) is 12.3 Å². The minimum absolute atomic E-state index is 0.136. The summed E-state index contributed by atoms with van der Waals surface area (Å²) in [6.07, 6.45) is 12.4. The van der Waals surface area contributed by atoms with Crippen LogP contribution in [0.4, 0.5) is 4.39 Å². The van der Waals surface area contributed by atoms with Crippen LogP contribution in [0.15, 0.2) is 0 Å². The van der Waals surface area contributed by atoms with Crippen molar-refractivity contribution < 1.29 is 14.5 Å². The molecular formula is C20H37FO2. The van der Waals surface area contributed by atoms with Crippen LogP contribution in [-0.2, 0) is 4.89 Å². The first kappa shape index (κ1) is 19.2. The average molecular weight is 329 g/mol. The second-order valence-electron chi connectivity index (χ2n) is 8.10. The van der Waals surface area contributed by atoms with Gasteiger partial charge in [-0.15, -0.1) is 0 Å². The first-order valence-corrected chi connectivity index (χ1v) is 10.1. The zero-order valence-electron chi connectivity index (χ0n) is 15.2. The van der Waals surface area contributed by atoms with E-state index in [1.54, 1.807) is 0 Å². The van der Waals surface area contributed by atoms with Crippen molar-refractivity contribution in [3.05, 3.63) is 0 Å². The van der Waals surface area contributed by atoms with Crippen LogP contribution in [0.2, 0.25) is 0 Å². The first-order valence-electron chi connectivity index (χ1n) is 10.1. The smallest absolute Gasteiger partial charge is 0.103 e. The Morgan fingerprint density at radius 1 is 1.00 bits per heavy atom. The largest absolute Gasteiger partial charge is 0.252 e. The lowest BCUT2D eigenvalue weighted by molar-refractivity contribution is -0.308. The number of alkyl halides is 1. The molecule has 0 aliphatic heterocycles. The van der Waals surface area contributed by atoms with Gasteiger partial charge in [0.2, 0.25) is 0 Å². The van der Waals surface area contributed by atoms with E-state index < -0.39 is 6.17 Å². The van der Waals surface area contributed by atoms with Crippen molar-refractivity contribution in [2.45, 2.75) is 103 Å². The number of hydrogen-bond acceptors (Lipinski definition) is 2. The summed E-state index contributed by atoms with van der Waals surface area (Å²) in [5.74, 6) is 1.72. The maximum absolute atomic E-state index is 14.6. The van der Waals surface area contributed by atoms with Gasteiger partial charge in [-0.25, -0.2) is 9.28 Å². The molecule has 0 amide bonds. The van der Waals surface area contributed by atoms with Crippen molar-refractivity contribution in [1.29, 1.82) is 0 Å². The molecule has 0 aromatic heterocycles. The van der Waals surface area contributed by atoms with Gasteiger partial charge in [0.1, 0.15) is 6.17 Å². The highest BCUT2D eigenvalue weighted by atomic mass is 19.1. The molecule has 4 unspecified atom stereocenters. The van der Waals surface area contributed by atoms with E-state index in [1.807, 2.05) is 0 Å². The SMILES string of the molecule is CCCCCC1CCC(C(OO)C2CCC(CC)CC2)CC1F. The molecule has 3 heteroatoms. The van der Waals surface area contributed by atoms with Gasteiger partial charge in [0.15, 0.2) is 0 Å². The quantitative estimate of drug-likeness (QED) is 0.317. The molecule has 2 rings (SSSR count). The van der Waals surface area contributed by atoms with Crippen LogP contribution in [-0.4, -0.2) is 17.5 Å². The third-order valence-corrected chi connectivity index (χ3v) is 6.65. The highest BCUT2D eigenvalue weighted by molar-refractivity contribution is 4.88. The van der Waals surface area contributed by atoms with Crippen molar-refractivity contribution in [1.82, 2.24) is 0 Å². The summed E-state index contributed by atoms with van der Waals surface area (Å²) in [5, 5.41) is 9.46.